The van der Waals surface area contributed by atoms with Crippen LogP contribution in [0.2, 0.25) is 10.0 Å². The lowest BCUT2D eigenvalue weighted by Gasteiger charge is -2.44. The van der Waals surface area contributed by atoms with Crippen molar-refractivity contribution >= 4 is 35.0 Å². The van der Waals surface area contributed by atoms with Crippen molar-refractivity contribution in [1.29, 1.82) is 0 Å². The van der Waals surface area contributed by atoms with Crippen molar-refractivity contribution < 1.29 is 9.59 Å². The third-order valence-electron chi connectivity index (χ3n) is 7.09. The zero-order valence-corrected chi connectivity index (χ0v) is 18.9. The summed E-state index contributed by atoms with van der Waals surface area (Å²) in [6.07, 6.45) is 7.78. The number of piperidine rings is 3. The third kappa shape index (κ3) is 4.95. The van der Waals surface area contributed by atoms with Crippen molar-refractivity contribution in [3.8, 4) is 0 Å². The fourth-order valence-electron chi connectivity index (χ4n) is 5.35. The molecule has 3 heterocycles. The van der Waals surface area contributed by atoms with E-state index in [1.54, 1.807) is 18.2 Å². The molecule has 2 amide bonds. The topological polar surface area (TPSA) is 52.7 Å². The molecule has 5 nitrogen and oxygen atoms in total. The number of nitrogens with one attached hydrogen (secondary N) is 1. The van der Waals surface area contributed by atoms with E-state index in [2.05, 4.69) is 10.2 Å². The van der Waals surface area contributed by atoms with E-state index in [1.165, 1.54) is 45.2 Å². The van der Waals surface area contributed by atoms with Gasteiger partial charge in [0.05, 0.1) is 10.0 Å². The predicted molar refractivity (Wildman–Crippen MR) is 120 cm³/mol. The van der Waals surface area contributed by atoms with Gasteiger partial charge in [0.1, 0.15) is 0 Å². The molecule has 2 atom stereocenters. The van der Waals surface area contributed by atoms with Crippen LogP contribution in [0.3, 0.4) is 0 Å². The number of rotatable bonds is 4. The van der Waals surface area contributed by atoms with E-state index in [1.807, 2.05) is 4.90 Å². The monoisotopic (exact) mass is 451 g/mol. The Balaban J connectivity index is 1.25. The second-order valence-corrected chi connectivity index (χ2v) is 9.76. The molecule has 0 spiro atoms. The third-order valence-corrected chi connectivity index (χ3v) is 7.83. The quantitative estimate of drug-likeness (QED) is 0.744. The number of carbonyl (C=O) groups is 2. The Morgan fingerprint density at radius 2 is 1.70 bits per heavy atom. The number of hydrogen-bond acceptors (Lipinski definition) is 3. The van der Waals surface area contributed by atoms with Gasteiger partial charge in [0.2, 0.25) is 5.91 Å². The molecule has 164 valence electrons. The molecule has 0 aromatic heterocycles. The highest BCUT2D eigenvalue weighted by Crippen LogP contribution is 2.31. The number of carbonyl (C=O) groups excluding carboxylic acids is 2. The Kier molecular flexibility index (Phi) is 7.22. The second-order valence-electron chi connectivity index (χ2n) is 8.94. The molecule has 0 aliphatic carbocycles. The van der Waals surface area contributed by atoms with Crippen LogP contribution in [0.5, 0.6) is 0 Å². The lowest BCUT2D eigenvalue weighted by atomic mass is 9.83. The first-order chi connectivity index (χ1) is 14.5. The van der Waals surface area contributed by atoms with Gasteiger partial charge >= 0.3 is 0 Å². The van der Waals surface area contributed by atoms with Crippen molar-refractivity contribution in [2.75, 3.05) is 32.7 Å². The summed E-state index contributed by atoms with van der Waals surface area (Å²) in [5.41, 5.74) is 0.543. The molecular formula is C23H31Cl2N3O2. The van der Waals surface area contributed by atoms with Crippen LogP contribution in [-0.2, 0) is 4.79 Å². The molecule has 0 unspecified atom stereocenters. The standard InChI is InChI=1S/C23H31Cl2N3O2/c24-19-7-6-17(14-20(19)25)23(30)28-12-8-16(9-13-28)22(29)26-15-18-4-3-11-27-10-2-1-5-21(18)27/h6-7,14,16,18,21H,1-5,8-13,15H2,(H,26,29)/t18-,21-/m1/s1. The molecule has 1 aromatic rings. The molecule has 4 rings (SSSR count). The van der Waals surface area contributed by atoms with Crippen molar-refractivity contribution in [3.63, 3.8) is 0 Å². The van der Waals surface area contributed by atoms with Crippen LogP contribution < -0.4 is 5.32 Å². The maximum Gasteiger partial charge on any atom is 0.253 e. The summed E-state index contributed by atoms with van der Waals surface area (Å²) < 4.78 is 0. The molecule has 0 radical (unpaired) electrons. The maximum absolute atomic E-state index is 12.8. The fourth-order valence-corrected chi connectivity index (χ4v) is 5.65. The number of fused-ring (bicyclic) bond motifs is 1. The Labute approximate surface area is 189 Å². The number of hydrogen-bond donors (Lipinski definition) is 1. The summed E-state index contributed by atoms with van der Waals surface area (Å²) in [7, 11) is 0. The molecule has 3 aliphatic rings. The smallest absolute Gasteiger partial charge is 0.253 e. The van der Waals surface area contributed by atoms with Crippen LogP contribution in [0.15, 0.2) is 18.2 Å². The van der Waals surface area contributed by atoms with Gasteiger partial charge in [-0.25, -0.2) is 0 Å². The predicted octanol–water partition coefficient (Wildman–Crippen LogP) is 4.23. The average molecular weight is 452 g/mol. The minimum Gasteiger partial charge on any atom is -0.356 e. The van der Waals surface area contributed by atoms with Gasteiger partial charge in [0.25, 0.3) is 5.91 Å². The van der Waals surface area contributed by atoms with Crippen molar-refractivity contribution in [2.45, 2.75) is 51.0 Å². The lowest BCUT2D eigenvalue weighted by molar-refractivity contribution is -0.126. The van der Waals surface area contributed by atoms with Gasteiger partial charge in [-0.2, -0.15) is 0 Å². The molecule has 7 heteroatoms. The molecule has 0 bridgehead atoms. The second kappa shape index (κ2) is 9.88. The van der Waals surface area contributed by atoms with Gasteiger partial charge in [-0.15, -0.1) is 0 Å². The van der Waals surface area contributed by atoms with Gasteiger partial charge in [0, 0.05) is 37.2 Å². The first-order valence-electron chi connectivity index (χ1n) is 11.3. The molecule has 3 fully saturated rings. The Morgan fingerprint density at radius 3 is 2.47 bits per heavy atom. The van der Waals surface area contributed by atoms with Gasteiger partial charge in [-0.1, -0.05) is 29.6 Å². The van der Waals surface area contributed by atoms with Gasteiger partial charge in [-0.3, -0.25) is 9.59 Å². The summed E-state index contributed by atoms with van der Waals surface area (Å²) in [5, 5.41) is 4.07. The lowest BCUT2D eigenvalue weighted by Crippen LogP contribution is -2.51. The number of likely N-dealkylation sites (tertiary alicyclic amines) is 1. The van der Waals surface area contributed by atoms with E-state index in [-0.39, 0.29) is 17.7 Å². The van der Waals surface area contributed by atoms with Crippen LogP contribution in [0, 0.1) is 11.8 Å². The molecule has 1 aromatic carbocycles. The molecule has 1 N–H and O–H groups in total. The molecule has 30 heavy (non-hydrogen) atoms. The molecule has 3 saturated heterocycles. The minimum atomic E-state index is -0.0491. The Morgan fingerprint density at radius 1 is 0.933 bits per heavy atom. The number of amides is 2. The molecule has 0 saturated carbocycles. The van der Waals surface area contributed by atoms with E-state index in [0.29, 0.717) is 53.5 Å². The molecule has 3 aliphatic heterocycles. The van der Waals surface area contributed by atoms with E-state index < -0.39 is 0 Å². The zero-order valence-electron chi connectivity index (χ0n) is 17.4. The van der Waals surface area contributed by atoms with Crippen LogP contribution >= 0.6 is 23.2 Å². The van der Waals surface area contributed by atoms with Crippen LogP contribution in [0.1, 0.15) is 55.3 Å². The minimum absolute atomic E-state index is 0.00564. The highest BCUT2D eigenvalue weighted by atomic mass is 35.5. The highest BCUT2D eigenvalue weighted by Gasteiger charge is 2.34. The van der Waals surface area contributed by atoms with E-state index in [0.717, 1.165) is 6.54 Å². The molecular weight excluding hydrogens is 421 g/mol. The number of halogens is 2. The zero-order chi connectivity index (χ0) is 21.1. The summed E-state index contributed by atoms with van der Waals surface area (Å²) in [6, 6.07) is 5.62. The van der Waals surface area contributed by atoms with Gasteiger partial charge < -0.3 is 15.1 Å². The maximum atomic E-state index is 12.8. The van der Waals surface area contributed by atoms with Crippen molar-refractivity contribution in [3.05, 3.63) is 33.8 Å². The fraction of sp³-hybridized carbons (Fsp3) is 0.652. The van der Waals surface area contributed by atoms with Crippen molar-refractivity contribution in [1.82, 2.24) is 15.1 Å². The Bertz CT molecular complexity index is 778. The normalized spacial score (nSPS) is 25.6. The summed E-state index contributed by atoms with van der Waals surface area (Å²) in [5.74, 6) is 0.685. The summed E-state index contributed by atoms with van der Waals surface area (Å²) >= 11 is 12.0. The first kappa shape index (κ1) is 21.9. The largest absolute Gasteiger partial charge is 0.356 e. The van der Waals surface area contributed by atoms with Gasteiger partial charge in [-0.05, 0) is 75.7 Å². The van der Waals surface area contributed by atoms with E-state index >= 15 is 0 Å². The average Bonchev–Trinajstić information content (AvgIpc) is 2.79. The van der Waals surface area contributed by atoms with Crippen molar-refractivity contribution in [2.24, 2.45) is 11.8 Å². The van der Waals surface area contributed by atoms with Crippen LogP contribution in [0.25, 0.3) is 0 Å². The number of benzene rings is 1. The summed E-state index contributed by atoms with van der Waals surface area (Å²) in [6.45, 7) is 4.43. The SMILES string of the molecule is O=C(NC[C@H]1CCCN2CCCC[C@H]12)C1CCN(C(=O)c2ccc(Cl)c(Cl)c2)CC1. The highest BCUT2D eigenvalue weighted by molar-refractivity contribution is 6.42. The van der Waals surface area contributed by atoms with E-state index in [9.17, 15) is 9.59 Å². The summed E-state index contributed by atoms with van der Waals surface area (Å²) in [4.78, 5) is 29.9. The van der Waals surface area contributed by atoms with Gasteiger partial charge in [0.15, 0.2) is 0 Å². The first-order valence-corrected chi connectivity index (χ1v) is 12.0. The van der Waals surface area contributed by atoms with Crippen LogP contribution in [0.4, 0.5) is 0 Å². The Hall–Kier alpha value is -1.30. The van der Waals surface area contributed by atoms with E-state index in [4.69, 9.17) is 23.2 Å². The number of nitrogens with zero attached hydrogens (tertiary/aromatic N) is 2. The van der Waals surface area contributed by atoms with Crippen LogP contribution in [-0.4, -0.2) is 60.4 Å².